The fraction of sp³-hybridized carbons (Fsp3) is 0.667. The van der Waals surface area contributed by atoms with Crippen molar-refractivity contribution >= 4 is 5.78 Å². The molecular weight excluding hydrogens is 460 g/mol. The summed E-state index contributed by atoms with van der Waals surface area (Å²) in [5.41, 5.74) is 0.0824. The number of phenolic OH excluding ortho intramolecular Hbond substituents is 1. The maximum atomic E-state index is 11.9. The van der Waals surface area contributed by atoms with Crippen LogP contribution in [-0.4, -0.2) is 117 Å². The Balaban J connectivity index is 1.75. The predicted octanol–water partition coefficient (Wildman–Crippen LogP) is -2.45. The lowest BCUT2D eigenvalue weighted by Crippen LogP contribution is -2.61. The van der Waals surface area contributed by atoms with Gasteiger partial charge >= 0.3 is 0 Å². The minimum Gasteiger partial charge on any atom is -0.507 e. The molecule has 0 saturated carbocycles. The number of carbonyl (C=O) groups is 1. The number of methoxy groups -OCH3 is 1. The molecule has 2 heterocycles. The summed E-state index contributed by atoms with van der Waals surface area (Å²) in [6.07, 6.45) is -13.6. The second-order valence-corrected chi connectivity index (χ2v) is 8.20. The second-order valence-electron chi connectivity index (χ2n) is 8.20. The van der Waals surface area contributed by atoms with Crippen molar-refractivity contribution in [3.05, 3.63) is 17.2 Å². The van der Waals surface area contributed by atoms with Gasteiger partial charge in [0.2, 0.25) is 6.29 Å². The van der Waals surface area contributed by atoms with Crippen LogP contribution in [0.2, 0.25) is 0 Å². The van der Waals surface area contributed by atoms with E-state index in [1.54, 1.807) is 0 Å². The van der Waals surface area contributed by atoms with Crippen molar-refractivity contribution in [1.29, 1.82) is 0 Å². The molecule has 0 bridgehead atoms. The molecule has 1 aromatic rings. The smallest absolute Gasteiger partial charge is 0.229 e. The highest BCUT2D eigenvalue weighted by Crippen LogP contribution is 2.39. The first-order valence-electron chi connectivity index (χ1n) is 10.5. The molecule has 9 atom stereocenters. The fourth-order valence-corrected chi connectivity index (χ4v) is 3.74. The lowest BCUT2D eigenvalue weighted by atomic mass is 9.99. The van der Waals surface area contributed by atoms with E-state index in [0.717, 1.165) is 0 Å². The number of ether oxygens (including phenoxy) is 5. The quantitative estimate of drug-likeness (QED) is 0.199. The van der Waals surface area contributed by atoms with Gasteiger partial charge < -0.3 is 59.4 Å². The van der Waals surface area contributed by atoms with Crippen LogP contribution in [0.25, 0.3) is 0 Å². The number of rotatable bonds is 7. The molecule has 34 heavy (non-hydrogen) atoms. The normalized spacial score (nSPS) is 36.2. The monoisotopic (exact) mass is 490 g/mol. The Bertz CT molecular complexity index is 877. The molecule has 0 aromatic heterocycles. The predicted molar refractivity (Wildman–Crippen MR) is 110 cm³/mol. The zero-order chi connectivity index (χ0) is 25.3. The van der Waals surface area contributed by atoms with E-state index < -0.39 is 73.4 Å². The van der Waals surface area contributed by atoms with Crippen LogP contribution in [0.3, 0.4) is 0 Å². The van der Waals surface area contributed by atoms with Crippen LogP contribution < -0.4 is 9.47 Å². The largest absolute Gasteiger partial charge is 0.507 e. The SMILES string of the molecule is COc1cc(OC2OC(COC3OCC(O)C(O)C3O)C(O)C(O)C2O)c(C)c(O)c1C(C)=O. The number of phenols is 1. The Morgan fingerprint density at radius 2 is 1.65 bits per heavy atom. The molecular formula is C21H30O13. The minimum atomic E-state index is -1.72. The Kier molecular flexibility index (Phi) is 8.34. The van der Waals surface area contributed by atoms with Crippen molar-refractivity contribution in [2.24, 2.45) is 0 Å². The first kappa shape index (κ1) is 26.5. The Morgan fingerprint density at radius 3 is 2.26 bits per heavy atom. The lowest BCUT2D eigenvalue weighted by Gasteiger charge is -2.41. The van der Waals surface area contributed by atoms with Crippen LogP contribution in [0.1, 0.15) is 22.8 Å². The van der Waals surface area contributed by atoms with Crippen LogP contribution in [-0.2, 0) is 14.2 Å². The molecule has 2 fully saturated rings. The zero-order valence-corrected chi connectivity index (χ0v) is 18.8. The number of aromatic hydroxyl groups is 1. The number of carbonyl (C=O) groups excluding carboxylic acids is 1. The van der Waals surface area contributed by atoms with Crippen LogP contribution in [0.5, 0.6) is 17.2 Å². The standard InChI is InChI=1S/C21H30O13/c1-7-10(4-11(30-3)13(8(2)22)14(7)24)33-21-19(29)17(27)16(26)12(34-21)6-32-20-18(28)15(25)9(23)5-31-20/h4,9,12,15-21,23-29H,5-6H2,1-3H3. The zero-order valence-electron chi connectivity index (χ0n) is 18.8. The third-order valence-electron chi connectivity index (χ3n) is 5.83. The molecule has 2 aliphatic heterocycles. The number of aliphatic hydroxyl groups excluding tert-OH is 6. The van der Waals surface area contributed by atoms with E-state index in [0.29, 0.717) is 0 Å². The van der Waals surface area contributed by atoms with Gasteiger partial charge in [-0.25, -0.2) is 0 Å². The van der Waals surface area contributed by atoms with Crippen molar-refractivity contribution in [2.75, 3.05) is 20.3 Å². The van der Waals surface area contributed by atoms with Gasteiger partial charge in [0.1, 0.15) is 65.5 Å². The second kappa shape index (κ2) is 10.7. The van der Waals surface area contributed by atoms with Gasteiger partial charge in [0, 0.05) is 11.6 Å². The number of hydrogen-bond donors (Lipinski definition) is 7. The van der Waals surface area contributed by atoms with E-state index in [9.17, 15) is 40.5 Å². The number of benzene rings is 1. The van der Waals surface area contributed by atoms with E-state index in [1.807, 2.05) is 0 Å². The number of ketones is 1. The van der Waals surface area contributed by atoms with E-state index in [1.165, 1.54) is 27.0 Å². The van der Waals surface area contributed by atoms with Crippen LogP contribution in [0, 0.1) is 6.92 Å². The van der Waals surface area contributed by atoms with Gasteiger partial charge in [0.15, 0.2) is 12.1 Å². The van der Waals surface area contributed by atoms with E-state index in [-0.39, 0.29) is 29.2 Å². The van der Waals surface area contributed by atoms with Crippen LogP contribution in [0.15, 0.2) is 6.07 Å². The molecule has 192 valence electrons. The molecule has 0 amide bonds. The molecule has 2 saturated heterocycles. The van der Waals surface area contributed by atoms with E-state index >= 15 is 0 Å². The summed E-state index contributed by atoms with van der Waals surface area (Å²) in [5, 5.41) is 70.6. The maximum Gasteiger partial charge on any atom is 0.229 e. The van der Waals surface area contributed by atoms with Gasteiger partial charge in [-0.1, -0.05) is 0 Å². The highest BCUT2D eigenvalue weighted by molar-refractivity contribution is 6.00. The van der Waals surface area contributed by atoms with Gasteiger partial charge in [-0.05, 0) is 13.8 Å². The van der Waals surface area contributed by atoms with Crippen molar-refractivity contribution in [1.82, 2.24) is 0 Å². The molecule has 2 aliphatic rings. The molecule has 1 aromatic carbocycles. The fourth-order valence-electron chi connectivity index (χ4n) is 3.74. The maximum absolute atomic E-state index is 11.9. The molecule has 0 radical (unpaired) electrons. The van der Waals surface area contributed by atoms with E-state index in [4.69, 9.17) is 23.7 Å². The summed E-state index contributed by atoms with van der Waals surface area (Å²) in [4.78, 5) is 11.9. The molecule has 9 unspecified atom stereocenters. The molecule has 3 rings (SSSR count). The average Bonchev–Trinajstić information content (AvgIpc) is 2.80. The van der Waals surface area contributed by atoms with Crippen molar-refractivity contribution in [3.8, 4) is 17.2 Å². The van der Waals surface area contributed by atoms with Crippen molar-refractivity contribution in [3.63, 3.8) is 0 Å². The number of aliphatic hydroxyl groups is 6. The van der Waals surface area contributed by atoms with Crippen LogP contribution in [0.4, 0.5) is 0 Å². The van der Waals surface area contributed by atoms with Gasteiger partial charge in [0.05, 0.1) is 20.3 Å². The van der Waals surface area contributed by atoms with Gasteiger partial charge in [-0.2, -0.15) is 0 Å². The van der Waals surface area contributed by atoms with Crippen molar-refractivity contribution < 1.29 is 64.2 Å². The lowest BCUT2D eigenvalue weighted by molar-refractivity contribution is -0.307. The first-order chi connectivity index (χ1) is 16.0. The first-order valence-corrected chi connectivity index (χ1v) is 10.5. The number of Topliss-reactive ketones (excluding diaryl/α,β-unsaturated/α-hetero) is 1. The van der Waals surface area contributed by atoms with Gasteiger partial charge in [-0.3, -0.25) is 4.79 Å². The molecule has 13 heteroatoms. The molecule has 7 N–H and O–H groups in total. The summed E-state index contributed by atoms with van der Waals surface area (Å²) in [5.74, 6) is -0.842. The third-order valence-corrected chi connectivity index (χ3v) is 5.83. The number of hydrogen-bond acceptors (Lipinski definition) is 13. The van der Waals surface area contributed by atoms with E-state index in [2.05, 4.69) is 0 Å². The average molecular weight is 490 g/mol. The highest BCUT2D eigenvalue weighted by atomic mass is 16.7. The Labute approximate surface area is 194 Å². The molecule has 13 nitrogen and oxygen atoms in total. The molecule has 0 spiro atoms. The van der Waals surface area contributed by atoms with Crippen molar-refractivity contribution in [2.45, 2.75) is 69.2 Å². The van der Waals surface area contributed by atoms with Crippen LogP contribution >= 0.6 is 0 Å². The summed E-state index contributed by atoms with van der Waals surface area (Å²) < 4.78 is 26.8. The summed E-state index contributed by atoms with van der Waals surface area (Å²) in [7, 11) is 1.29. The highest BCUT2D eigenvalue weighted by Gasteiger charge is 2.46. The third kappa shape index (κ3) is 5.12. The summed E-state index contributed by atoms with van der Waals surface area (Å²) in [6, 6.07) is 1.31. The Hall–Kier alpha value is -2.07. The van der Waals surface area contributed by atoms with Gasteiger partial charge in [0.25, 0.3) is 0 Å². The summed E-state index contributed by atoms with van der Waals surface area (Å²) >= 11 is 0. The Morgan fingerprint density at radius 1 is 1.00 bits per heavy atom. The summed E-state index contributed by atoms with van der Waals surface area (Å²) in [6.45, 7) is 1.96. The molecule has 0 aliphatic carbocycles. The minimum absolute atomic E-state index is 0.0144. The van der Waals surface area contributed by atoms with Gasteiger partial charge in [-0.15, -0.1) is 0 Å². The topological polar surface area (TPSA) is 205 Å².